The fraction of sp³-hybridized carbons (Fsp3) is 0.0278. The molecule has 0 unspecified atom stereocenters. The van der Waals surface area contributed by atoms with Crippen molar-refractivity contribution >= 4 is 21.9 Å². The standard InChI is InChI=1S/C24H13N2O.C12H10N.Ir/c25-15-17-12-13-19-18-9-6-10-20(21-11-4-5-14-26-21)23(18)27-24(19)22(17)16-7-2-1-3-8-16;1-10-7-8-12(13-9-10)11-5-3-2-4-6-11;/h1-9,11-14H;2-5,7-9H,1H3;/q2*-1;/i;1D3;. The summed E-state index contributed by atoms with van der Waals surface area (Å²) in [5.41, 5.74) is 7.30. The average Bonchev–Trinajstić information content (AvgIpc) is 3.44. The van der Waals surface area contributed by atoms with Crippen molar-refractivity contribution in [3.05, 3.63) is 145 Å². The van der Waals surface area contributed by atoms with E-state index in [0.29, 0.717) is 11.1 Å². The number of nitriles is 1. The van der Waals surface area contributed by atoms with Crippen LogP contribution in [-0.4, -0.2) is 9.97 Å². The van der Waals surface area contributed by atoms with Crippen molar-refractivity contribution in [1.82, 2.24) is 9.97 Å². The maximum atomic E-state index is 9.64. The maximum absolute atomic E-state index is 9.64. The summed E-state index contributed by atoms with van der Waals surface area (Å²) in [6, 6.07) is 42.7. The Morgan fingerprint density at radius 2 is 1.59 bits per heavy atom. The third-order valence-electron chi connectivity index (χ3n) is 6.45. The van der Waals surface area contributed by atoms with Gasteiger partial charge in [0.15, 0.2) is 0 Å². The van der Waals surface area contributed by atoms with Crippen molar-refractivity contribution in [3.8, 4) is 39.7 Å². The van der Waals surface area contributed by atoms with Gasteiger partial charge < -0.3 is 14.4 Å². The van der Waals surface area contributed by atoms with Gasteiger partial charge in [-0.15, -0.1) is 54.1 Å². The first-order valence-corrected chi connectivity index (χ1v) is 12.6. The Balaban J connectivity index is 0.000000194. The van der Waals surface area contributed by atoms with Gasteiger partial charge in [-0.3, -0.25) is 0 Å². The molecule has 1 radical (unpaired) electrons. The number of furan rings is 1. The summed E-state index contributed by atoms with van der Waals surface area (Å²) in [5, 5.41) is 11.6. The fourth-order valence-electron chi connectivity index (χ4n) is 4.60. The van der Waals surface area contributed by atoms with Crippen LogP contribution in [0, 0.1) is 30.3 Å². The summed E-state index contributed by atoms with van der Waals surface area (Å²) in [5.74, 6) is 0. The van der Waals surface area contributed by atoms with Gasteiger partial charge in [-0.1, -0.05) is 71.6 Å². The van der Waals surface area contributed by atoms with Crippen LogP contribution in [0.2, 0.25) is 0 Å². The number of nitrogens with zero attached hydrogens (tertiary/aromatic N) is 3. The number of hydrogen-bond donors (Lipinski definition) is 0. The van der Waals surface area contributed by atoms with Crippen LogP contribution in [0.5, 0.6) is 0 Å². The van der Waals surface area contributed by atoms with Gasteiger partial charge in [-0.05, 0) is 41.5 Å². The monoisotopic (exact) mass is 709 g/mol. The SMILES string of the molecule is N#Cc1ccc2c(oc3c(-c4ccccn4)[c-]ccc32)c1-c1ccccc1.[2H]C([2H])([2H])c1ccc(-c2[c-]cccc2)nc1.[Ir]. The molecule has 3 heterocycles. The Morgan fingerprint density at radius 1 is 0.756 bits per heavy atom. The first kappa shape index (κ1) is 24.0. The maximum Gasteiger partial charge on any atom is 0.130 e. The normalized spacial score (nSPS) is 11.7. The van der Waals surface area contributed by atoms with E-state index in [1.165, 1.54) is 6.20 Å². The quantitative estimate of drug-likeness (QED) is 0.172. The molecular weight excluding hydrogens is 683 g/mol. The minimum absolute atomic E-state index is 0. The van der Waals surface area contributed by atoms with Crippen LogP contribution in [0.3, 0.4) is 0 Å². The third-order valence-corrected chi connectivity index (χ3v) is 6.45. The average molecular weight is 709 g/mol. The molecule has 0 saturated carbocycles. The number of aromatic nitrogens is 2. The molecule has 0 fully saturated rings. The van der Waals surface area contributed by atoms with Gasteiger partial charge in [0.2, 0.25) is 0 Å². The van der Waals surface area contributed by atoms with E-state index in [1.807, 2.05) is 91.0 Å². The van der Waals surface area contributed by atoms with Crippen LogP contribution >= 0.6 is 0 Å². The van der Waals surface area contributed by atoms with Gasteiger partial charge in [0.05, 0.1) is 17.2 Å². The smallest absolute Gasteiger partial charge is 0.130 e. The van der Waals surface area contributed by atoms with Crippen molar-refractivity contribution in [3.63, 3.8) is 0 Å². The second kappa shape index (κ2) is 12.5. The number of hydrogen-bond acceptors (Lipinski definition) is 4. The summed E-state index contributed by atoms with van der Waals surface area (Å²) in [4.78, 5) is 8.56. The molecule has 3 aromatic heterocycles. The molecule has 41 heavy (non-hydrogen) atoms. The molecule has 0 atom stereocenters. The molecule has 0 bridgehead atoms. The van der Waals surface area contributed by atoms with Crippen molar-refractivity contribution < 1.29 is 28.6 Å². The van der Waals surface area contributed by atoms with Crippen molar-refractivity contribution in [2.75, 3.05) is 0 Å². The Hall–Kier alpha value is -4.88. The second-order valence-electron chi connectivity index (χ2n) is 8.96. The third kappa shape index (κ3) is 5.71. The van der Waals surface area contributed by atoms with E-state index >= 15 is 0 Å². The first-order valence-electron chi connectivity index (χ1n) is 14.1. The van der Waals surface area contributed by atoms with Gasteiger partial charge in [0, 0.05) is 47.6 Å². The molecular formula is C36H23IrN3O-2. The molecule has 0 aliphatic rings. The molecule has 4 aromatic carbocycles. The molecule has 0 spiro atoms. The molecule has 0 aliphatic heterocycles. The molecule has 0 aliphatic carbocycles. The molecule has 0 N–H and O–H groups in total. The second-order valence-corrected chi connectivity index (χ2v) is 8.96. The zero-order valence-corrected chi connectivity index (χ0v) is 24.0. The first-order chi connectivity index (χ1) is 20.9. The predicted octanol–water partition coefficient (Wildman–Crippen LogP) is 8.84. The van der Waals surface area contributed by atoms with Gasteiger partial charge in [0.25, 0.3) is 0 Å². The van der Waals surface area contributed by atoms with Gasteiger partial charge >= 0.3 is 0 Å². The number of rotatable bonds is 3. The van der Waals surface area contributed by atoms with Crippen molar-refractivity contribution in [2.45, 2.75) is 6.85 Å². The Kier molecular flexibility index (Phi) is 7.32. The van der Waals surface area contributed by atoms with Crippen molar-refractivity contribution in [1.29, 1.82) is 5.26 Å². The number of pyridine rings is 2. The summed E-state index contributed by atoms with van der Waals surface area (Å²) in [7, 11) is 0. The van der Waals surface area contributed by atoms with E-state index in [2.05, 4.69) is 28.2 Å². The van der Waals surface area contributed by atoms with E-state index in [1.54, 1.807) is 24.4 Å². The molecule has 4 nitrogen and oxygen atoms in total. The number of aryl methyl sites for hydroxylation is 1. The summed E-state index contributed by atoms with van der Waals surface area (Å²) in [6.07, 6.45) is 3.15. The minimum Gasteiger partial charge on any atom is -0.500 e. The largest absolute Gasteiger partial charge is 0.500 e. The zero-order valence-electron chi connectivity index (χ0n) is 24.6. The topological polar surface area (TPSA) is 62.7 Å². The molecule has 199 valence electrons. The fourth-order valence-corrected chi connectivity index (χ4v) is 4.60. The zero-order chi connectivity index (χ0) is 29.8. The number of benzene rings is 4. The van der Waals surface area contributed by atoms with E-state index in [-0.39, 0.29) is 25.7 Å². The Morgan fingerprint density at radius 3 is 2.29 bits per heavy atom. The Bertz CT molecular complexity index is 2050. The van der Waals surface area contributed by atoms with E-state index in [4.69, 9.17) is 8.53 Å². The summed E-state index contributed by atoms with van der Waals surface area (Å²) >= 11 is 0. The van der Waals surface area contributed by atoms with Crippen LogP contribution in [0.25, 0.3) is 55.6 Å². The summed E-state index contributed by atoms with van der Waals surface area (Å²) in [6.45, 7) is -2.09. The molecule has 0 saturated heterocycles. The van der Waals surface area contributed by atoms with Gasteiger partial charge in [-0.2, -0.15) is 5.26 Å². The van der Waals surface area contributed by atoms with Crippen LogP contribution < -0.4 is 0 Å². The van der Waals surface area contributed by atoms with E-state index in [0.717, 1.165) is 50.0 Å². The van der Waals surface area contributed by atoms with Gasteiger partial charge in [-0.25, -0.2) is 0 Å². The van der Waals surface area contributed by atoms with Crippen molar-refractivity contribution in [2.24, 2.45) is 0 Å². The minimum atomic E-state index is -2.09. The van der Waals surface area contributed by atoms with Gasteiger partial charge in [0.1, 0.15) is 5.58 Å². The molecule has 7 aromatic rings. The van der Waals surface area contributed by atoms with Crippen LogP contribution in [0.15, 0.2) is 126 Å². The van der Waals surface area contributed by atoms with Crippen LogP contribution in [-0.2, 0) is 20.1 Å². The number of fused-ring (bicyclic) bond motifs is 3. The Labute approximate surface area is 256 Å². The molecule has 5 heteroatoms. The van der Waals surface area contributed by atoms with E-state index < -0.39 is 6.85 Å². The molecule has 7 rings (SSSR count). The predicted molar refractivity (Wildman–Crippen MR) is 159 cm³/mol. The molecule has 0 amide bonds. The van der Waals surface area contributed by atoms with Crippen LogP contribution in [0.1, 0.15) is 15.2 Å². The van der Waals surface area contributed by atoms with E-state index in [9.17, 15) is 5.26 Å². The summed E-state index contributed by atoms with van der Waals surface area (Å²) < 4.78 is 28.0. The van der Waals surface area contributed by atoms with Crippen LogP contribution in [0.4, 0.5) is 0 Å².